The highest BCUT2D eigenvalue weighted by Gasteiger charge is 2.34. The Bertz CT molecular complexity index is 863. The Morgan fingerprint density at radius 3 is 1.93 bits per heavy atom. The molecule has 0 saturated carbocycles. The summed E-state index contributed by atoms with van der Waals surface area (Å²) < 4.78 is 0. The first-order chi connectivity index (χ1) is 14.5. The molecule has 2 heterocycles. The molecule has 5 heteroatoms. The van der Waals surface area contributed by atoms with Gasteiger partial charge in [0.2, 0.25) is 0 Å². The lowest BCUT2D eigenvalue weighted by molar-refractivity contribution is 0.0362. The van der Waals surface area contributed by atoms with Crippen LogP contribution in [0.5, 0.6) is 0 Å². The molecule has 2 aliphatic rings. The second-order valence-electron chi connectivity index (χ2n) is 8.62. The van der Waals surface area contributed by atoms with Crippen LogP contribution in [0.15, 0.2) is 54.6 Å². The summed E-state index contributed by atoms with van der Waals surface area (Å²) in [6, 6.07) is 18.8. The molecule has 2 aromatic carbocycles. The topological polar surface area (TPSA) is 43.9 Å². The van der Waals surface area contributed by atoms with Gasteiger partial charge in [-0.15, -0.1) is 0 Å². The molecule has 1 fully saturated rings. The number of rotatable bonds is 7. The number of piperazine rings is 1. The lowest BCUT2D eigenvalue weighted by atomic mass is 10.1. The molecule has 0 N–H and O–H groups in total. The van der Waals surface area contributed by atoms with Crippen molar-refractivity contribution in [3.63, 3.8) is 0 Å². The minimum atomic E-state index is -0.146. The van der Waals surface area contributed by atoms with Crippen LogP contribution in [0.1, 0.15) is 53.0 Å². The van der Waals surface area contributed by atoms with Crippen molar-refractivity contribution >= 4 is 11.8 Å². The van der Waals surface area contributed by atoms with Crippen LogP contribution in [0.2, 0.25) is 0 Å². The van der Waals surface area contributed by atoms with E-state index in [-0.39, 0.29) is 11.8 Å². The van der Waals surface area contributed by atoms with Crippen molar-refractivity contribution < 1.29 is 9.59 Å². The largest absolute Gasteiger partial charge is 0.298 e. The number of carbonyl (C=O) groups is 2. The van der Waals surface area contributed by atoms with Gasteiger partial charge in [0.15, 0.2) is 0 Å². The van der Waals surface area contributed by atoms with Crippen LogP contribution in [0.3, 0.4) is 0 Å². The summed E-state index contributed by atoms with van der Waals surface area (Å²) in [7, 11) is 0. The van der Waals surface area contributed by atoms with Crippen molar-refractivity contribution in [2.24, 2.45) is 0 Å². The standard InChI is InChI=1S/C25H31N3O2/c1-19-17-27(18-21-10-4-3-5-11-21)20(2)16-26(19)14-8-9-15-28-24(29)22-12-6-7-13-23(22)25(28)30/h3-7,10-13,19-20H,8-9,14-18H2,1-2H3/t19-,20+/m1/s1. The summed E-state index contributed by atoms with van der Waals surface area (Å²) >= 11 is 0. The predicted octanol–water partition coefficient (Wildman–Crippen LogP) is 3.66. The van der Waals surface area contributed by atoms with Gasteiger partial charge in [-0.2, -0.15) is 0 Å². The molecule has 0 radical (unpaired) electrons. The van der Waals surface area contributed by atoms with Crippen molar-refractivity contribution in [3.8, 4) is 0 Å². The van der Waals surface area contributed by atoms with Gasteiger partial charge in [-0.3, -0.25) is 24.3 Å². The van der Waals surface area contributed by atoms with Crippen LogP contribution in [-0.2, 0) is 6.54 Å². The van der Waals surface area contributed by atoms with Gasteiger partial charge in [0.05, 0.1) is 11.1 Å². The minimum absolute atomic E-state index is 0.146. The van der Waals surface area contributed by atoms with E-state index in [9.17, 15) is 9.59 Å². The average molecular weight is 406 g/mol. The Balaban J connectivity index is 1.23. The molecule has 1 saturated heterocycles. The summed E-state index contributed by atoms with van der Waals surface area (Å²) in [6.45, 7) is 9.24. The summed E-state index contributed by atoms with van der Waals surface area (Å²) in [5.41, 5.74) is 2.45. The molecule has 2 amide bonds. The summed E-state index contributed by atoms with van der Waals surface area (Å²) in [5, 5.41) is 0. The highest BCUT2D eigenvalue weighted by atomic mass is 16.2. The van der Waals surface area contributed by atoms with Crippen LogP contribution in [0.4, 0.5) is 0 Å². The Kier molecular flexibility index (Phi) is 6.30. The maximum Gasteiger partial charge on any atom is 0.261 e. The second kappa shape index (κ2) is 9.11. The van der Waals surface area contributed by atoms with E-state index < -0.39 is 0 Å². The number of amides is 2. The molecular formula is C25H31N3O2. The molecular weight excluding hydrogens is 374 g/mol. The number of hydrogen-bond donors (Lipinski definition) is 0. The monoisotopic (exact) mass is 405 g/mol. The maximum atomic E-state index is 12.5. The first kappa shape index (κ1) is 20.8. The van der Waals surface area contributed by atoms with E-state index in [1.807, 2.05) is 12.1 Å². The van der Waals surface area contributed by atoms with Crippen LogP contribution in [0.25, 0.3) is 0 Å². The molecule has 2 aliphatic heterocycles. The fraction of sp³-hybridized carbons (Fsp3) is 0.440. The van der Waals surface area contributed by atoms with E-state index in [4.69, 9.17) is 0 Å². The number of carbonyl (C=O) groups excluding carboxylic acids is 2. The fourth-order valence-electron chi connectivity index (χ4n) is 4.65. The van der Waals surface area contributed by atoms with Gasteiger partial charge in [0.1, 0.15) is 0 Å². The van der Waals surface area contributed by atoms with Crippen molar-refractivity contribution in [2.75, 3.05) is 26.2 Å². The van der Waals surface area contributed by atoms with E-state index in [2.05, 4.69) is 54.0 Å². The second-order valence-corrected chi connectivity index (χ2v) is 8.62. The van der Waals surface area contributed by atoms with Crippen molar-refractivity contribution in [3.05, 3.63) is 71.3 Å². The molecule has 2 atom stereocenters. The van der Waals surface area contributed by atoms with Gasteiger partial charge < -0.3 is 0 Å². The maximum absolute atomic E-state index is 12.5. The zero-order valence-corrected chi connectivity index (χ0v) is 18.0. The van der Waals surface area contributed by atoms with Gasteiger partial charge in [-0.1, -0.05) is 42.5 Å². The molecule has 0 aromatic heterocycles. The van der Waals surface area contributed by atoms with Crippen LogP contribution < -0.4 is 0 Å². The lowest BCUT2D eigenvalue weighted by Crippen LogP contribution is -2.56. The number of unbranched alkanes of at least 4 members (excludes halogenated alkanes) is 1. The number of nitrogens with zero attached hydrogens (tertiary/aromatic N) is 3. The lowest BCUT2D eigenvalue weighted by Gasteiger charge is -2.44. The Hall–Kier alpha value is -2.50. The van der Waals surface area contributed by atoms with Gasteiger partial charge in [-0.05, 0) is 50.9 Å². The fourth-order valence-corrected chi connectivity index (χ4v) is 4.65. The summed E-state index contributed by atoms with van der Waals surface area (Å²) in [5.74, 6) is -0.292. The molecule has 0 aliphatic carbocycles. The Labute approximate surface area is 179 Å². The Morgan fingerprint density at radius 1 is 0.733 bits per heavy atom. The van der Waals surface area contributed by atoms with Gasteiger partial charge in [0, 0.05) is 38.3 Å². The van der Waals surface area contributed by atoms with E-state index in [0.29, 0.717) is 29.8 Å². The van der Waals surface area contributed by atoms with E-state index in [1.54, 1.807) is 12.1 Å². The zero-order chi connectivity index (χ0) is 21.1. The molecule has 5 nitrogen and oxygen atoms in total. The highest BCUT2D eigenvalue weighted by molar-refractivity contribution is 6.21. The van der Waals surface area contributed by atoms with Crippen LogP contribution in [0, 0.1) is 0 Å². The van der Waals surface area contributed by atoms with Gasteiger partial charge >= 0.3 is 0 Å². The Morgan fingerprint density at radius 2 is 1.27 bits per heavy atom. The summed E-state index contributed by atoms with van der Waals surface area (Å²) in [4.78, 5) is 31.5. The molecule has 2 aromatic rings. The quantitative estimate of drug-likeness (QED) is 0.521. The number of imide groups is 1. The molecule has 0 bridgehead atoms. The molecule has 158 valence electrons. The summed E-state index contributed by atoms with van der Waals surface area (Å²) in [6.07, 6.45) is 1.83. The van der Waals surface area contributed by atoms with Crippen LogP contribution >= 0.6 is 0 Å². The third-order valence-corrected chi connectivity index (χ3v) is 6.43. The SMILES string of the molecule is C[C@@H]1CN(Cc2ccccc2)[C@@H](C)CN1CCCCN1C(=O)c2ccccc2C1=O. The average Bonchev–Trinajstić information content (AvgIpc) is 3.00. The number of hydrogen-bond acceptors (Lipinski definition) is 4. The van der Waals surface area contributed by atoms with Gasteiger partial charge in [-0.25, -0.2) is 0 Å². The first-order valence-electron chi connectivity index (χ1n) is 11.0. The molecule has 0 unspecified atom stereocenters. The molecule has 4 rings (SSSR count). The first-order valence-corrected chi connectivity index (χ1v) is 11.0. The molecule has 30 heavy (non-hydrogen) atoms. The van der Waals surface area contributed by atoms with Crippen LogP contribution in [-0.4, -0.2) is 64.8 Å². The zero-order valence-electron chi connectivity index (χ0n) is 18.0. The van der Waals surface area contributed by atoms with Crippen molar-refractivity contribution in [1.82, 2.24) is 14.7 Å². The van der Waals surface area contributed by atoms with E-state index in [0.717, 1.165) is 39.0 Å². The third-order valence-electron chi connectivity index (χ3n) is 6.43. The highest BCUT2D eigenvalue weighted by Crippen LogP contribution is 2.23. The predicted molar refractivity (Wildman–Crippen MR) is 118 cm³/mol. The minimum Gasteiger partial charge on any atom is -0.298 e. The number of fused-ring (bicyclic) bond motifs is 1. The molecule has 0 spiro atoms. The van der Waals surface area contributed by atoms with E-state index >= 15 is 0 Å². The van der Waals surface area contributed by atoms with E-state index in [1.165, 1.54) is 10.5 Å². The van der Waals surface area contributed by atoms with Crippen molar-refractivity contribution in [1.29, 1.82) is 0 Å². The van der Waals surface area contributed by atoms with Crippen molar-refractivity contribution in [2.45, 2.75) is 45.3 Å². The smallest absolute Gasteiger partial charge is 0.261 e. The number of benzene rings is 2. The van der Waals surface area contributed by atoms with Gasteiger partial charge in [0.25, 0.3) is 11.8 Å². The normalized spacial score (nSPS) is 22.5. The third kappa shape index (κ3) is 4.32.